The summed E-state index contributed by atoms with van der Waals surface area (Å²) in [5.74, 6) is 0.0896. The van der Waals surface area contributed by atoms with Gasteiger partial charge in [-0.25, -0.2) is 0 Å². The summed E-state index contributed by atoms with van der Waals surface area (Å²) in [5.41, 5.74) is 2.42. The SMILES string of the molecule is C[C@H]1[C@H](C)OC(=O)[C@H]1N(Cc1ccccc1)Cc1ccccc1. The highest BCUT2D eigenvalue weighted by molar-refractivity contribution is 5.78. The third-order valence-electron chi connectivity index (χ3n) is 4.63. The number of nitrogens with zero attached hydrogens (tertiary/aromatic N) is 1. The molecular weight excluding hydrogens is 286 g/mol. The largest absolute Gasteiger partial charge is 0.461 e. The summed E-state index contributed by atoms with van der Waals surface area (Å²) in [6.07, 6.45) is -0.0263. The van der Waals surface area contributed by atoms with Gasteiger partial charge in [0.05, 0.1) is 0 Å². The van der Waals surface area contributed by atoms with Gasteiger partial charge in [-0.2, -0.15) is 0 Å². The average Bonchev–Trinajstić information content (AvgIpc) is 2.81. The van der Waals surface area contributed by atoms with Crippen LogP contribution in [0.5, 0.6) is 0 Å². The molecule has 1 aliphatic rings. The zero-order chi connectivity index (χ0) is 16.2. The molecule has 2 aromatic carbocycles. The van der Waals surface area contributed by atoms with Crippen molar-refractivity contribution in [3.8, 4) is 0 Å². The second-order valence-corrected chi connectivity index (χ2v) is 6.32. The second-order valence-electron chi connectivity index (χ2n) is 6.32. The van der Waals surface area contributed by atoms with E-state index in [4.69, 9.17) is 4.74 Å². The first kappa shape index (κ1) is 15.8. The van der Waals surface area contributed by atoms with Crippen molar-refractivity contribution in [1.82, 2.24) is 4.90 Å². The lowest BCUT2D eigenvalue weighted by Crippen LogP contribution is -2.41. The molecule has 1 fully saturated rings. The van der Waals surface area contributed by atoms with E-state index < -0.39 is 0 Å². The molecule has 120 valence electrons. The van der Waals surface area contributed by atoms with Crippen LogP contribution in [0.3, 0.4) is 0 Å². The molecule has 0 amide bonds. The van der Waals surface area contributed by atoms with Crippen molar-refractivity contribution in [2.45, 2.75) is 39.1 Å². The maximum atomic E-state index is 12.4. The Morgan fingerprint density at radius 1 is 0.870 bits per heavy atom. The number of ether oxygens (including phenoxy) is 1. The van der Waals surface area contributed by atoms with Gasteiger partial charge in [-0.1, -0.05) is 67.6 Å². The van der Waals surface area contributed by atoms with Crippen LogP contribution < -0.4 is 0 Å². The van der Waals surface area contributed by atoms with E-state index in [2.05, 4.69) is 36.1 Å². The van der Waals surface area contributed by atoms with E-state index in [1.165, 1.54) is 11.1 Å². The lowest BCUT2D eigenvalue weighted by atomic mass is 9.97. The summed E-state index contributed by atoms with van der Waals surface area (Å²) in [7, 11) is 0. The van der Waals surface area contributed by atoms with Crippen molar-refractivity contribution in [3.63, 3.8) is 0 Å². The van der Waals surface area contributed by atoms with E-state index >= 15 is 0 Å². The van der Waals surface area contributed by atoms with Crippen molar-refractivity contribution >= 4 is 5.97 Å². The number of cyclic esters (lactones) is 1. The number of carbonyl (C=O) groups is 1. The number of rotatable bonds is 5. The van der Waals surface area contributed by atoms with E-state index in [9.17, 15) is 4.79 Å². The summed E-state index contributed by atoms with van der Waals surface area (Å²) in [5, 5.41) is 0. The van der Waals surface area contributed by atoms with Gasteiger partial charge in [0, 0.05) is 19.0 Å². The van der Waals surface area contributed by atoms with Crippen molar-refractivity contribution < 1.29 is 9.53 Å². The lowest BCUT2D eigenvalue weighted by Gasteiger charge is -2.29. The zero-order valence-corrected chi connectivity index (χ0v) is 13.7. The molecule has 3 nitrogen and oxygen atoms in total. The number of esters is 1. The molecule has 2 aromatic rings. The molecule has 1 saturated heterocycles. The average molecular weight is 309 g/mol. The van der Waals surface area contributed by atoms with Crippen LogP contribution in [0, 0.1) is 5.92 Å². The second kappa shape index (κ2) is 6.97. The van der Waals surface area contributed by atoms with E-state index in [0.29, 0.717) is 0 Å². The Hall–Kier alpha value is -2.13. The smallest absolute Gasteiger partial charge is 0.324 e. The standard InChI is InChI=1S/C20H23NO2/c1-15-16(2)23-20(22)19(15)21(13-17-9-5-3-6-10-17)14-18-11-7-4-8-12-18/h3-12,15-16,19H,13-14H2,1-2H3/t15-,16-,19-/m0/s1. The third kappa shape index (κ3) is 3.62. The molecule has 0 aromatic heterocycles. The highest BCUT2D eigenvalue weighted by Gasteiger charge is 2.42. The molecule has 0 unspecified atom stereocenters. The quantitative estimate of drug-likeness (QED) is 0.790. The fraction of sp³-hybridized carbons (Fsp3) is 0.350. The topological polar surface area (TPSA) is 29.5 Å². The molecule has 1 aliphatic heterocycles. The highest BCUT2D eigenvalue weighted by Crippen LogP contribution is 2.28. The van der Waals surface area contributed by atoms with Gasteiger partial charge in [0.15, 0.2) is 0 Å². The number of carbonyl (C=O) groups excluding carboxylic acids is 1. The zero-order valence-electron chi connectivity index (χ0n) is 13.7. The minimum atomic E-state index is -0.189. The molecule has 3 heteroatoms. The van der Waals surface area contributed by atoms with Crippen molar-refractivity contribution in [3.05, 3.63) is 71.8 Å². The van der Waals surface area contributed by atoms with Gasteiger partial charge in [-0.05, 0) is 18.1 Å². The van der Waals surface area contributed by atoms with Gasteiger partial charge in [-0.15, -0.1) is 0 Å². The highest BCUT2D eigenvalue weighted by atomic mass is 16.6. The normalized spacial score (nSPS) is 24.0. The number of hydrogen-bond acceptors (Lipinski definition) is 3. The molecule has 0 bridgehead atoms. The van der Waals surface area contributed by atoms with E-state index in [1.54, 1.807) is 0 Å². The Bertz CT molecular complexity index is 600. The summed E-state index contributed by atoms with van der Waals surface area (Å²) in [6, 6.07) is 20.4. The maximum Gasteiger partial charge on any atom is 0.324 e. The van der Waals surface area contributed by atoms with Crippen molar-refractivity contribution in [1.29, 1.82) is 0 Å². The van der Waals surface area contributed by atoms with Crippen LogP contribution >= 0.6 is 0 Å². The van der Waals surface area contributed by atoms with Gasteiger partial charge in [0.1, 0.15) is 12.1 Å². The summed E-state index contributed by atoms with van der Waals surface area (Å²) < 4.78 is 5.46. The molecular formula is C20H23NO2. The third-order valence-corrected chi connectivity index (χ3v) is 4.63. The van der Waals surface area contributed by atoms with Crippen LogP contribution in [0.1, 0.15) is 25.0 Å². The fourth-order valence-corrected chi connectivity index (χ4v) is 3.20. The fourth-order valence-electron chi connectivity index (χ4n) is 3.20. The summed E-state index contributed by atoms with van der Waals surface area (Å²) in [4.78, 5) is 14.6. The van der Waals surface area contributed by atoms with Crippen LogP contribution in [-0.2, 0) is 22.6 Å². The number of benzene rings is 2. The van der Waals surface area contributed by atoms with Gasteiger partial charge < -0.3 is 4.74 Å². The van der Waals surface area contributed by atoms with Gasteiger partial charge >= 0.3 is 5.97 Å². The predicted octanol–water partition coefficient (Wildman–Crippen LogP) is 3.64. The van der Waals surface area contributed by atoms with E-state index in [0.717, 1.165) is 13.1 Å². The summed E-state index contributed by atoms with van der Waals surface area (Å²) in [6.45, 7) is 5.56. The first-order valence-electron chi connectivity index (χ1n) is 8.17. The Labute approximate surface area is 137 Å². The molecule has 0 N–H and O–H groups in total. The molecule has 23 heavy (non-hydrogen) atoms. The lowest BCUT2D eigenvalue weighted by molar-refractivity contribution is -0.145. The van der Waals surface area contributed by atoms with Gasteiger partial charge in [0.25, 0.3) is 0 Å². The van der Waals surface area contributed by atoms with Crippen LogP contribution in [0.15, 0.2) is 60.7 Å². The first-order chi connectivity index (χ1) is 11.1. The van der Waals surface area contributed by atoms with Crippen LogP contribution in [0.2, 0.25) is 0 Å². The van der Waals surface area contributed by atoms with Crippen LogP contribution in [-0.4, -0.2) is 23.0 Å². The molecule has 0 saturated carbocycles. The molecule has 0 spiro atoms. The van der Waals surface area contributed by atoms with Crippen molar-refractivity contribution in [2.75, 3.05) is 0 Å². The van der Waals surface area contributed by atoms with Crippen LogP contribution in [0.25, 0.3) is 0 Å². The molecule has 3 rings (SSSR count). The Kier molecular flexibility index (Phi) is 4.77. The summed E-state index contributed by atoms with van der Waals surface area (Å²) >= 11 is 0. The predicted molar refractivity (Wildman–Crippen MR) is 90.6 cm³/mol. The molecule has 0 aliphatic carbocycles. The minimum Gasteiger partial charge on any atom is -0.461 e. The van der Waals surface area contributed by atoms with Gasteiger partial charge in [-0.3, -0.25) is 9.69 Å². The van der Waals surface area contributed by atoms with E-state index in [1.807, 2.05) is 43.3 Å². The van der Waals surface area contributed by atoms with Gasteiger partial charge in [0.2, 0.25) is 0 Å². The maximum absolute atomic E-state index is 12.4. The Balaban J connectivity index is 1.85. The van der Waals surface area contributed by atoms with E-state index in [-0.39, 0.29) is 24.0 Å². The minimum absolute atomic E-state index is 0.0263. The molecule has 1 heterocycles. The Morgan fingerprint density at radius 2 is 1.35 bits per heavy atom. The number of hydrogen-bond donors (Lipinski definition) is 0. The molecule has 3 atom stereocenters. The first-order valence-corrected chi connectivity index (χ1v) is 8.17. The molecule has 0 radical (unpaired) electrons. The van der Waals surface area contributed by atoms with Crippen molar-refractivity contribution in [2.24, 2.45) is 5.92 Å². The van der Waals surface area contributed by atoms with Crippen LogP contribution in [0.4, 0.5) is 0 Å². The monoisotopic (exact) mass is 309 g/mol. The Morgan fingerprint density at radius 3 is 1.74 bits per heavy atom.